The van der Waals surface area contributed by atoms with E-state index in [1.165, 1.54) is 0 Å². The molecule has 4 rings (SSSR count). The number of carbonyl (C=O) groups excluding carboxylic acids is 2. The van der Waals surface area contributed by atoms with E-state index >= 15 is 0 Å². The summed E-state index contributed by atoms with van der Waals surface area (Å²) in [6.07, 6.45) is 0.882. The van der Waals surface area contributed by atoms with E-state index in [4.69, 9.17) is 14.5 Å². The van der Waals surface area contributed by atoms with Crippen LogP contribution in [0.1, 0.15) is 42.7 Å². The number of benzene rings is 2. The molecule has 1 aliphatic heterocycles. The number of ketones is 1. The molecular formula is C27H30N2O5. The SMILES string of the molecule is COCCNC(=O)C1C(C)=NC2=C(C(=O)CC(c3ccccc3OC)C2)C1c1cccc(O)c1. The smallest absolute Gasteiger partial charge is 0.229 e. The highest BCUT2D eigenvalue weighted by Gasteiger charge is 2.44. The van der Waals surface area contributed by atoms with E-state index in [1.807, 2.05) is 37.3 Å². The summed E-state index contributed by atoms with van der Waals surface area (Å²) in [5.41, 5.74) is 3.62. The second-order valence-electron chi connectivity index (χ2n) is 8.72. The summed E-state index contributed by atoms with van der Waals surface area (Å²) in [6.45, 7) is 2.58. The zero-order valence-corrected chi connectivity index (χ0v) is 19.7. The molecule has 0 saturated heterocycles. The number of hydrogen-bond donors (Lipinski definition) is 2. The summed E-state index contributed by atoms with van der Waals surface area (Å²) < 4.78 is 10.6. The van der Waals surface area contributed by atoms with Gasteiger partial charge < -0.3 is 19.9 Å². The first-order valence-electron chi connectivity index (χ1n) is 11.4. The molecule has 3 atom stereocenters. The highest BCUT2D eigenvalue weighted by atomic mass is 16.5. The molecule has 1 aliphatic carbocycles. The lowest BCUT2D eigenvalue weighted by molar-refractivity contribution is -0.123. The zero-order chi connectivity index (χ0) is 24.2. The first-order valence-corrected chi connectivity index (χ1v) is 11.4. The van der Waals surface area contributed by atoms with E-state index in [2.05, 4.69) is 5.32 Å². The summed E-state index contributed by atoms with van der Waals surface area (Å²) in [4.78, 5) is 31.7. The average molecular weight is 463 g/mol. The van der Waals surface area contributed by atoms with Crippen molar-refractivity contribution in [1.29, 1.82) is 0 Å². The molecule has 0 bridgehead atoms. The monoisotopic (exact) mass is 462 g/mol. The van der Waals surface area contributed by atoms with Gasteiger partial charge in [0.25, 0.3) is 0 Å². The number of ether oxygens (including phenoxy) is 2. The van der Waals surface area contributed by atoms with Crippen LogP contribution in [0.5, 0.6) is 11.5 Å². The van der Waals surface area contributed by atoms with Crippen LogP contribution in [-0.2, 0) is 14.3 Å². The van der Waals surface area contributed by atoms with E-state index in [1.54, 1.807) is 32.4 Å². The van der Waals surface area contributed by atoms with E-state index in [0.717, 1.165) is 16.9 Å². The van der Waals surface area contributed by atoms with Crippen LogP contribution in [0.15, 0.2) is 64.8 Å². The van der Waals surface area contributed by atoms with E-state index in [0.29, 0.717) is 43.0 Å². The first-order chi connectivity index (χ1) is 16.4. The van der Waals surface area contributed by atoms with Crippen LogP contribution in [0.2, 0.25) is 0 Å². The zero-order valence-electron chi connectivity index (χ0n) is 19.7. The van der Waals surface area contributed by atoms with E-state index < -0.39 is 11.8 Å². The maximum absolute atomic E-state index is 13.6. The molecule has 2 aliphatic rings. The third kappa shape index (κ3) is 4.61. The fourth-order valence-corrected chi connectivity index (χ4v) is 5.09. The van der Waals surface area contributed by atoms with E-state index in [-0.39, 0.29) is 23.4 Å². The number of phenolic OH excluding ortho intramolecular Hbond substituents is 1. The summed E-state index contributed by atoms with van der Waals surface area (Å²) in [7, 11) is 3.20. The van der Waals surface area contributed by atoms with Gasteiger partial charge in [-0.2, -0.15) is 0 Å². The number of aliphatic imine (C=N–C) groups is 1. The lowest BCUT2D eigenvalue weighted by Crippen LogP contribution is -2.43. The van der Waals surface area contributed by atoms with Gasteiger partial charge >= 0.3 is 0 Å². The number of para-hydroxylation sites is 1. The van der Waals surface area contributed by atoms with Crippen LogP contribution in [-0.4, -0.2) is 49.9 Å². The van der Waals surface area contributed by atoms with Crippen LogP contribution in [0.4, 0.5) is 0 Å². The number of carbonyl (C=O) groups is 2. The van der Waals surface area contributed by atoms with Crippen LogP contribution in [0, 0.1) is 5.92 Å². The summed E-state index contributed by atoms with van der Waals surface area (Å²) in [5, 5.41) is 13.1. The van der Waals surface area contributed by atoms with Crippen molar-refractivity contribution in [2.24, 2.45) is 10.9 Å². The van der Waals surface area contributed by atoms with Crippen LogP contribution in [0.25, 0.3) is 0 Å². The van der Waals surface area contributed by atoms with Gasteiger partial charge in [0.15, 0.2) is 5.78 Å². The lowest BCUT2D eigenvalue weighted by atomic mass is 9.69. The van der Waals surface area contributed by atoms with Crippen molar-refractivity contribution >= 4 is 17.4 Å². The topological polar surface area (TPSA) is 97.2 Å². The molecule has 2 N–H and O–H groups in total. The minimum atomic E-state index is -0.649. The van der Waals surface area contributed by atoms with Gasteiger partial charge in [-0.15, -0.1) is 0 Å². The Labute approximate surface area is 199 Å². The quantitative estimate of drug-likeness (QED) is 0.611. The molecule has 0 radical (unpaired) electrons. The number of Topliss-reactive ketones (excluding diaryl/α,β-unsaturated/α-hetero) is 1. The van der Waals surface area contributed by atoms with Gasteiger partial charge in [0.1, 0.15) is 11.5 Å². The number of rotatable bonds is 7. The molecular weight excluding hydrogens is 432 g/mol. The molecule has 2 aromatic carbocycles. The molecule has 178 valence electrons. The number of allylic oxidation sites excluding steroid dienone is 2. The maximum atomic E-state index is 13.6. The summed E-state index contributed by atoms with van der Waals surface area (Å²) in [6, 6.07) is 14.5. The van der Waals surface area contributed by atoms with Crippen molar-refractivity contribution in [3.63, 3.8) is 0 Å². The Kier molecular flexibility index (Phi) is 7.12. The number of aromatic hydroxyl groups is 1. The number of nitrogens with zero attached hydrogens (tertiary/aromatic N) is 1. The van der Waals surface area contributed by atoms with Gasteiger partial charge in [-0.25, -0.2) is 0 Å². The van der Waals surface area contributed by atoms with Crippen molar-refractivity contribution in [2.45, 2.75) is 31.6 Å². The number of methoxy groups -OCH3 is 2. The Balaban J connectivity index is 1.76. The molecule has 7 heteroatoms. The predicted octanol–water partition coefficient (Wildman–Crippen LogP) is 3.74. The minimum Gasteiger partial charge on any atom is -0.508 e. The standard InChI is InChI=1S/C27H30N2O5/c1-16-24(27(32)28-11-12-33-2)25(17-7-6-8-19(30)13-17)26-21(29-16)14-18(15-22(26)31)20-9-4-5-10-23(20)34-3/h4-10,13,18,24-25,30H,11-12,14-15H2,1-3H3,(H,28,32). The Bertz CT molecular complexity index is 1150. The molecule has 34 heavy (non-hydrogen) atoms. The molecule has 7 nitrogen and oxygen atoms in total. The summed E-state index contributed by atoms with van der Waals surface area (Å²) in [5.74, 6) is -0.628. The number of nitrogens with one attached hydrogen (secondary N) is 1. The van der Waals surface area contributed by atoms with Gasteiger partial charge in [0, 0.05) is 48.9 Å². The first kappa shape index (κ1) is 23.7. The summed E-state index contributed by atoms with van der Waals surface area (Å²) >= 11 is 0. The maximum Gasteiger partial charge on any atom is 0.229 e. The van der Waals surface area contributed by atoms with Crippen molar-refractivity contribution < 1.29 is 24.2 Å². The van der Waals surface area contributed by atoms with Crippen molar-refractivity contribution in [3.8, 4) is 11.5 Å². The molecule has 0 spiro atoms. The third-order valence-corrected chi connectivity index (χ3v) is 6.58. The number of amides is 1. The Hall–Kier alpha value is -3.45. The fraction of sp³-hybridized carbons (Fsp3) is 0.370. The average Bonchev–Trinajstić information content (AvgIpc) is 2.83. The predicted molar refractivity (Wildman–Crippen MR) is 129 cm³/mol. The molecule has 0 saturated carbocycles. The molecule has 0 aromatic heterocycles. The van der Waals surface area contributed by atoms with Crippen LogP contribution in [0.3, 0.4) is 0 Å². The molecule has 1 amide bonds. The van der Waals surface area contributed by atoms with Gasteiger partial charge in [-0.1, -0.05) is 30.3 Å². The fourth-order valence-electron chi connectivity index (χ4n) is 5.09. The molecule has 3 unspecified atom stereocenters. The van der Waals surface area contributed by atoms with Gasteiger partial charge in [-0.05, 0) is 42.7 Å². The minimum absolute atomic E-state index is 0.0311. The molecule has 0 fully saturated rings. The Morgan fingerprint density at radius 1 is 1.15 bits per heavy atom. The van der Waals surface area contributed by atoms with Gasteiger partial charge in [0.05, 0.1) is 19.6 Å². The van der Waals surface area contributed by atoms with Gasteiger partial charge in [0.2, 0.25) is 5.91 Å². The molecule has 1 heterocycles. The number of hydrogen-bond acceptors (Lipinski definition) is 6. The van der Waals surface area contributed by atoms with Crippen LogP contribution >= 0.6 is 0 Å². The largest absolute Gasteiger partial charge is 0.508 e. The van der Waals surface area contributed by atoms with Crippen molar-refractivity contribution in [2.75, 3.05) is 27.4 Å². The lowest BCUT2D eigenvalue weighted by Gasteiger charge is -2.37. The Morgan fingerprint density at radius 3 is 2.68 bits per heavy atom. The highest BCUT2D eigenvalue weighted by Crippen LogP contribution is 2.48. The van der Waals surface area contributed by atoms with Crippen molar-refractivity contribution in [1.82, 2.24) is 5.32 Å². The Morgan fingerprint density at radius 2 is 1.94 bits per heavy atom. The normalized spacial score (nSPS) is 22.1. The third-order valence-electron chi connectivity index (χ3n) is 6.58. The van der Waals surface area contributed by atoms with E-state index in [9.17, 15) is 14.7 Å². The number of phenols is 1. The van der Waals surface area contributed by atoms with Crippen molar-refractivity contribution in [3.05, 3.63) is 70.9 Å². The highest BCUT2D eigenvalue weighted by molar-refractivity contribution is 6.10. The second-order valence-corrected chi connectivity index (χ2v) is 8.72. The second kappa shape index (κ2) is 10.2. The van der Waals surface area contributed by atoms with Crippen LogP contribution < -0.4 is 10.1 Å². The molecule has 2 aromatic rings. The van der Waals surface area contributed by atoms with Gasteiger partial charge in [-0.3, -0.25) is 14.6 Å².